The van der Waals surface area contributed by atoms with Crippen molar-refractivity contribution >= 4 is 11.0 Å². The summed E-state index contributed by atoms with van der Waals surface area (Å²) in [6, 6.07) is 2.10. The molecule has 17 heavy (non-hydrogen) atoms. The first-order valence-electron chi connectivity index (χ1n) is 6.15. The van der Waals surface area contributed by atoms with Gasteiger partial charge in [0.15, 0.2) is 0 Å². The predicted molar refractivity (Wildman–Crippen MR) is 70.1 cm³/mol. The molecule has 0 saturated heterocycles. The Balaban J connectivity index is 2.26. The standard InChI is InChI=1S/C14H19N3/c1-9-5-6-15-13-12(9)10-7-14(2,3)17(4)8-11(10)16-13/h5-6H,7-8H2,1-4H3,(H,15,16). The number of aromatic nitrogens is 2. The van der Waals surface area contributed by atoms with Crippen molar-refractivity contribution < 1.29 is 0 Å². The van der Waals surface area contributed by atoms with Crippen molar-refractivity contribution in [1.82, 2.24) is 14.9 Å². The molecule has 2 aromatic heterocycles. The minimum absolute atomic E-state index is 0.227. The van der Waals surface area contributed by atoms with Gasteiger partial charge in [0.1, 0.15) is 5.65 Å². The summed E-state index contributed by atoms with van der Waals surface area (Å²) >= 11 is 0. The van der Waals surface area contributed by atoms with Crippen molar-refractivity contribution in [3.8, 4) is 0 Å². The van der Waals surface area contributed by atoms with Crippen LogP contribution in [0.2, 0.25) is 0 Å². The van der Waals surface area contributed by atoms with Crippen molar-refractivity contribution in [3.63, 3.8) is 0 Å². The van der Waals surface area contributed by atoms with Crippen LogP contribution in [0, 0.1) is 6.92 Å². The summed E-state index contributed by atoms with van der Waals surface area (Å²) in [4.78, 5) is 10.3. The Kier molecular flexibility index (Phi) is 2.11. The normalized spacial score (nSPS) is 19.5. The van der Waals surface area contributed by atoms with Crippen LogP contribution in [0.3, 0.4) is 0 Å². The maximum atomic E-state index is 4.45. The van der Waals surface area contributed by atoms with Crippen LogP contribution in [0.25, 0.3) is 11.0 Å². The molecule has 0 spiro atoms. The molecule has 0 fully saturated rings. The number of pyridine rings is 1. The summed E-state index contributed by atoms with van der Waals surface area (Å²) < 4.78 is 0. The predicted octanol–water partition coefficient (Wildman–Crippen LogP) is 2.64. The number of aryl methyl sites for hydroxylation is 1. The fraction of sp³-hybridized carbons (Fsp3) is 0.500. The zero-order chi connectivity index (χ0) is 12.2. The number of nitrogens with one attached hydrogen (secondary N) is 1. The van der Waals surface area contributed by atoms with Crippen LogP contribution in [0.5, 0.6) is 0 Å². The van der Waals surface area contributed by atoms with E-state index in [1.807, 2.05) is 6.20 Å². The highest BCUT2D eigenvalue weighted by molar-refractivity contribution is 5.85. The van der Waals surface area contributed by atoms with E-state index in [4.69, 9.17) is 0 Å². The molecule has 3 rings (SSSR count). The minimum atomic E-state index is 0.227. The molecule has 3 heteroatoms. The summed E-state index contributed by atoms with van der Waals surface area (Å²) in [7, 11) is 2.19. The highest BCUT2D eigenvalue weighted by Crippen LogP contribution is 2.34. The minimum Gasteiger partial charge on any atom is -0.342 e. The lowest BCUT2D eigenvalue weighted by atomic mass is 9.87. The van der Waals surface area contributed by atoms with Crippen molar-refractivity contribution in [1.29, 1.82) is 0 Å². The molecule has 0 radical (unpaired) electrons. The van der Waals surface area contributed by atoms with E-state index in [2.05, 4.69) is 48.8 Å². The SMILES string of the molecule is Cc1ccnc2[nH]c3c(c12)CC(C)(C)N(C)C3. The highest BCUT2D eigenvalue weighted by Gasteiger charge is 2.32. The van der Waals surface area contributed by atoms with Crippen molar-refractivity contribution in [2.24, 2.45) is 0 Å². The van der Waals surface area contributed by atoms with Crippen LogP contribution in [-0.2, 0) is 13.0 Å². The molecule has 3 heterocycles. The van der Waals surface area contributed by atoms with Crippen LogP contribution in [0.15, 0.2) is 12.3 Å². The summed E-state index contributed by atoms with van der Waals surface area (Å²) in [5, 5.41) is 1.34. The lowest BCUT2D eigenvalue weighted by Crippen LogP contribution is -2.45. The van der Waals surface area contributed by atoms with Gasteiger partial charge < -0.3 is 4.98 Å². The van der Waals surface area contributed by atoms with Crippen molar-refractivity contribution in [3.05, 3.63) is 29.1 Å². The van der Waals surface area contributed by atoms with Crippen LogP contribution in [-0.4, -0.2) is 27.5 Å². The molecule has 0 amide bonds. The van der Waals surface area contributed by atoms with Gasteiger partial charge in [0.25, 0.3) is 0 Å². The maximum Gasteiger partial charge on any atom is 0.138 e. The number of hydrogen-bond donors (Lipinski definition) is 1. The van der Waals surface area contributed by atoms with Crippen LogP contribution < -0.4 is 0 Å². The zero-order valence-corrected chi connectivity index (χ0v) is 11.0. The second-order valence-electron chi connectivity index (χ2n) is 5.78. The van der Waals surface area contributed by atoms with E-state index in [-0.39, 0.29) is 5.54 Å². The largest absolute Gasteiger partial charge is 0.342 e. The summed E-state index contributed by atoms with van der Waals surface area (Å²) in [6.45, 7) is 7.77. The number of nitrogens with zero attached hydrogens (tertiary/aromatic N) is 2. The van der Waals surface area contributed by atoms with Gasteiger partial charge in [-0.3, -0.25) is 4.90 Å². The van der Waals surface area contributed by atoms with Crippen molar-refractivity contribution in [2.45, 2.75) is 39.3 Å². The first-order valence-corrected chi connectivity index (χ1v) is 6.15. The van der Waals surface area contributed by atoms with Gasteiger partial charge >= 0.3 is 0 Å². The van der Waals surface area contributed by atoms with E-state index >= 15 is 0 Å². The van der Waals surface area contributed by atoms with E-state index in [0.717, 1.165) is 18.6 Å². The first kappa shape index (κ1) is 10.8. The summed E-state index contributed by atoms with van der Waals surface area (Å²) in [6.07, 6.45) is 2.97. The third kappa shape index (κ3) is 1.49. The van der Waals surface area contributed by atoms with E-state index in [0.29, 0.717) is 0 Å². The molecule has 0 aromatic carbocycles. The molecule has 0 atom stereocenters. The average molecular weight is 229 g/mol. The van der Waals surface area contributed by atoms with Crippen LogP contribution in [0.4, 0.5) is 0 Å². The monoisotopic (exact) mass is 229 g/mol. The molecule has 1 aliphatic rings. The highest BCUT2D eigenvalue weighted by atomic mass is 15.2. The van der Waals surface area contributed by atoms with Gasteiger partial charge in [-0.15, -0.1) is 0 Å². The molecular weight excluding hydrogens is 210 g/mol. The number of H-pyrrole nitrogens is 1. The van der Waals surface area contributed by atoms with Gasteiger partial charge in [0, 0.05) is 29.4 Å². The third-order valence-electron chi connectivity index (χ3n) is 4.13. The quantitative estimate of drug-likeness (QED) is 0.753. The van der Waals surface area contributed by atoms with Gasteiger partial charge in [-0.2, -0.15) is 0 Å². The van der Waals surface area contributed by atoms with Gasteiger partial charge in [-0.25, -0.2) is 4.98 Å². The van der Waals surface area contributed by atoms with Crippen LogP contribution in [0.1, 0.15) is 30.7 Å². The fourth-order valence-corrected chi connectivity index (χ4v) is 2.75. The Bertz CT molecular complexity index is 580. The number of aromatic amines is 1. The van der Waals surface area contributed by atoms with Gasteiger partial charge in [0.2, 0.25) is 0 Å². The van der Waals surface area contributed by atoms with E-state index in [1.165, 1.54) is 22.2 Å². The van der Waals surface area contributed by atoms with Gasteiger partial charge in [0.05, 0.1) is 0 Å². The summed E-state index contributed by atoms with van der Waals surface area (Å²) in [5.41, 5.74) is 5.40. The zero-order valence-electron chi connectivity index (χ0n) is 11.0. The molecule has 3 nitrogen and oxygen atoms in total. The molecule has 2 aromatic rings. The second kappa shape index (κ2) is 3.33. The number of rotatable bonds is 0. The third-order valence-corrected chi connectivity index (χ3v) is 4.13. The molecule has 1 N–H and O–H groups in total. The Morgan fingerprint density at radius 1 is 1.41 bits per heavy atom. The molecule has 0 unspecified atom stereocenters. The maximum absolute atomic E-state index is 4.45. The topological polar surface area (TPSA) is 31.9 Å². The van der Waals surface area contributed by atoms with Gasteiger partial charge in [-0.1, -0.05) is 0 Å². The number of hydrogen-bond acceptors (Lipinski definition) is 2. The molecule has 90 valence electrons. The van der Waals surface area contributed by atoms with E-state index in [9.17, 15) is 0 Å². The molecule has 0 saturated carbocycles. The Morgan fingerprint density at radius 3 is 2.94 bits per heavy atom. The van der Waals surface area contributed by atoms with Crippen LogP contribution >= 0.6 is 0 Å². The van der Waals surface area contributed by atoms with E-state index < -0.39 is 0 Å². The average Bonchev–Trinajstić information content (AvgIpc) is 2.57. The van der Waals surface area contributed by atoms with Gasteiger partial charge in [-0.05, 0) is 51.4 Å². The Hall–Kier alpha value is -1.35. The van der Waals surface area contributed by atoms with E-state index in [1.54, 1.807) is 0 Å². The second-order valence-corrected chi connectivity index (χ2v) is 5.78. The van der Waals surface area contributed by atoms with Crippen molar-refractivity contribution in [2.75, 3.05) is 7.05 Å². The first-order chi connectivity index (χ1) is 7.99. The fourth-order valence-electron chi connectivity index (χ4n) is 2.75. The molecule has 0 bridgehead atoms. The molecule has 1 aliphatic heterocycles. The lowest BCUT2D eigenvalue weighted by molar-refractivity contribution is 0.132. The number of fused-ring (bicyclic) bond motifs is 3. The lowest BCUT2D eigenvalue weighted by Gasteiger charge is -2.39. The Morgan fingerprint density at radius 2 is 2.18 bits per heavy atom. The molecule has 0 aliphatic carbocycles. The number of likely N-dealkylation sites (N-methyl/N-ethyl adjacent to an activating group) is 1. The smallest absolute Gasteiger partial charge is 0.138 e. The summed E-state index contributed by atoms with van der Waals surface area (Å²) in [5.74, 6) is 0. The Labute approximate surface area is 102 Å². The molecular formula is C14H19N3.